The molecule has 0 aliphatic rings. The standard InChI is InChI=1S/C14H13N3O/c15-8-7-11-1-4-13(5-2-11)18-14-6-3-12(9-16)17-10-14/h1-6,10H,7-8,15H2. The average molecular weight is 239 g/mol. The molecule has 1 aromatic carbocycles. The maximum Gasteiger partial charge on any atom is 0.145 e. The van der Waals surface area contributed by atoms with E-state index in [2.05, 4.69) is 4.98 Å². The Bertz CT molecular complexity index is 541. The van der Waals surface area contributed by atoms with Gasteiger partial charge in [0, 0.05) is 0 Å². The van der Waals surface area contributed by atoms with Crippen LogP contribution in [0.4, 0.5) is 0 Å². The van der Waals surface area contributed by atoms with Crippen LogP contribution in [0.15, 0.2) is 42.6 Å². The average Bonchev–Trinajstić information content (AvgIpc) is 2.42. The van der Waals surface area contributed by atoms with Crippen molar-refractivity contribution in [2.24, 2.45) is 5.73 Å². The summed E-state index contributed by atoms with van der Waals surface area (Å²) in [5, 5.41) is 8.64. The number of hydrogen-bond donors (Lipinski definition) is 1. The third-order valence-corrected chi connectivity index (χ3v) is 2.44. The maximum absolute atomic E-state index is 8.64. The summed E-state index contributed by atoms with van der Waals surface area (Å²) in [6.07, 6.45) is 2.39. The molecular weight excluding hydrogens is 226 g/mol. The van der Waals surface area contributed by atoms with Gasteiger partial charge in [-0.25, -0.2) is 4.98 Å². The monoisotopic (exact) mass is 239 g/mol. The Morgan fingerprint density at radius 2 is 1.83 bits per heavy atom. The van der Waals surface area contributed by atoms with Gasteiger partial charge < -0.3 is 10.5 Å². The van der Waals surface area contributed by atoms with Crippen LogP contribution in [0.25, 0.3) is 0 Å². The second-order valence-electron chi connectivity index (χ2n) is 3.78. The number of rotatable bonds is 4. The molecule has 1 heterocycles. The van der Waals surface area contributed by atoms with Gasteiger partial charge in [0.15, 0.2) is 0 Å². The van der Waals surface area contributed by atoms with Gasteiger partial charge >= 0.3 is 0 Å². The minimum absolute atomic E-state index is 0.376. The van der Waals surface area contributed by atoms with Gasteiger partial charge in [0.2, 0.25) is 0 Å². The molecule has 2 aromatic rings. The summed E-state index contributed by atoms with van der Waals surface area (Å²) in [5.41, 5.74) is 7.04. The van der Waals surface area contributed by atoms with Crippen molar-refractivity contribution in [2.75, 3.05) is 6.54 Å². The second-order valence-corrected chi connectivity index (χ2v) is 3.78. The molecule has 90 valence electrons. The number of hydrogen-bond acceptors (Lipinski definition) is 4. The fourth-order valence-corrected chi connectivity index (χ4v) is 1.53. The molecule has 0 radical (unpaired) electrons. The fourth-order valence-electron chi connectivity index (χ4n) is 1.53. The van der Waals surface area contributed by atoms with E-state index in [4.69, 9.17) is 15.7 Å². The molecule has 0 unspecified atom stereocenters. The van der Waals surface area contributed by atoms with E-state index in [0.717, 1.165) is 12.2 Å². The Hall–Kier alpha value is -2.38. The fraction of sp³-hybridized carbons (Fsp3) is 0.143. The summed E-state index contributed by atoms with van der Waals surface area (Å²) < 4.78 is 5.61. The highest BCUT2D eigenvalue weighted by molar-refractivity contribution is 5.33. The van der Waals surface area contributed by atoms with Crippen molar-refractivity contribution in [3.8, 4) is 17.6 Å². The summed E-state index contributed by atoms with van der Waals surface area (Å²) in [4.78, 5) is 3.94. The molecule has 0 aliphatic heterocycles. The zero-order valence-corrected chi connectivity index (χ0v) is 9.84. The van der Waals surface area contributed by atoms with Crippen LogP contribution in [0.2, 0.25) is 0 Å². The summed E-state index contributed by atoms with van der Waals surface area (Å²) in [7, 11) is 0. The van der Waals surface area contributed by atoms with E-state index in [0.29, 0.717) is 18.0 Å². The first-order valence-electron chi connectivity index (χ1n) is 5.65. The van der Waals surface area contributed by atoms with E-state index in [-0.39, 0.29) is 0 Å². The zero-order valence-electron chi connectivity index (χ0n) is 9.84. The molecular formula is C14H13N3O. The van der Waals surface area contributed by atoms with Crippen molar-refractivity contribution in [2.45, 2.75) is 6.42 Å². The van der Waals surface area contributed by atoms with E-state index >= 15 is 0 Å². The lowest BCUT2D eigenvalue weighted by Gasteiger charge is -2.06. The Labute approximate surface area is 106 Å². The molecule has 18 heavy (non-hydrogen) atoms. The SMILES string of the molecule is N#Cc1ccc(Oc2ccc(CCN)cc2)cn1. The van der Waals surface area contributed by atoms with Crippen LogP contribution in [0.5, 0.6) is 11.5 Å². The Morgan fingerprint density at radius 1 is 1.11 bits per heavy atom. The van der Waals surface area contributed by atoms with Crippen molar-refractivity contribution in [3.63, 3.8) is 0 Å². The van der Waals surface area contributed by atoms with Gasteiger partial charge in [-0.05, 0) is 42.8 Å². The first-order chi connectivity index (χ1) is 8.81. The Morgan fingerprint density at radius 3 is 2.39 bits per heavy atom. The highest BCUT2D eigenvalue weighted by Gasteiger charge is 1.99. The van der Waals surface area contributed by atoms with Gasteiger partial charge in [0.1, 0.15) is 23.3 Å². The number of nitrogens with zero attached hydrogens (tertiary/aromatic N) is 2. The highest BCUT2D eigenvalue weighted by Crippen LogP contribution is 2.20. The van der Waals surface area contributed by atoms with Crippen molar-refractivity contribution < 1.29 is 4.74 Å². The molecule has 2 rings (SSSR count). The lowest BCUT2D eigenvalue weighted by molar-refractivity contribution is 0.480. The Balaban J connectivity index is 2.06. The van der Waals surface area contributed by atoms with E-state index in [1.54, 1.807) is 12.1 Å². The maximum atomic E-state index is 8.64. The van der Waals surface area contributed by atoms with Crippen LogP contribution < -0.4 is 10.5 Å². The minimum atomic E-state index is 0.376. The minimum Gasteiger partial charge on any atom is -0.456 e. The van der Waals surface area contributed by atoms with Crippen LogP contribution in [0.3, 0.4) is 0 Å². The van der Waals surface area contributed by atoms with E-state index in [1.807, 2.05) is 30.3 Å². The number of nitrogens with two attached hydrogens (primary N) is 1. The lowest BCUT2D eigenvalue weighted by Crippen LogP contribution is -2.02. The van der Waals surface area contributed by atoms with Crippen LogP contribution in [-0.2, 0) is 6.42 Å². The number of nitriles is 1. The topological polar surface area (TPSA) is 71.9 Å². The van der Waals surface area contributed by atoms with Crippen LogP contribution >= 0.6 is 0 Å². The smallest absolute Gasteiger partial charge is 0.145 e. The molecule has 4 heteroatoms. The van der Waals surface area contributed by atoms with Crippen molar-refractivity contribution in [3.05, 3.63) is 53.9 Å². The first kappa shape index (κ1) is 12.1. The van der Waals surface area contributed by atoms with E-state index in [1.165, 1.54) is 11.8 Å². The van der Waals surface area contributed by atoms with Gasteiger partial charge in [-0.15, -0.1) is 0 Å². The van der Waals surface area contributed by atoms with Gasteiger partial charge in [-0.2, -0.15) is 5.26 Å². The molecule has 4 nitrogen and oxygen atoms in total. The third-order valence-electron chi connectivity index (χ3n) is 2.44. The summed E-state index contributed by atoms with van der Waals surface area (Å²) >= 11 is 0. The van der Waals surface area contributed by atoms with Crippen molar-refractivity contribution in [1.29, 1.82) is 5.26 Å². The molecule has 0 spiro atoms. The summed E-state index contributed by atoms with van der Waals surface area (Å²) in [6.45, 7) is 0.639. The van der Waals surface area contributed by atoms with Crippen molar-refractivity contribution in [1.82, 2.24) is 4.98 Å². The zero-order chi connectivity index (χ0) is 12.8. The number of aromatic nitrogens is 1. The molecule has 1 aromatic heterocycles. The van der Waals surface area contributed by atoms with Crippen molar-refractivity contribution >= 4 is 0 Å². The van der Waals surface area contributed by atoms with Crippen LogP contribution in [0, 0.1) is 11.3 Å². The summed E-state index contributed by atoms with van der Waals surface area (Å²) in [5.74, 6) is 1.35. The summed E-state index contributed by atoms with van der Waals surface area (Å²) in [6, 6.07) is 13.1. The highest BCUT2D eigenvalue weighted by atomic mass is 16.5. The first-order valence-corrected chi connectivity index (χ1v) is 5.65. The predicted octanol–water partition coefficient (Wildman–Crippen LogP) is 2.25. The number of pyridine rings is 1. The molecule has 0 amide bonds. The largest absolute Gasteiger partial charge is 0.456 e. The molecule has 0 saturated heterocycles. The quantitative estimate of drug-likeness (QED) is 0.888. The lowest BCUT2D eigenvalue weighted by atomic mass is 10.1. The van der Waals surface area contributed by atoms with Gasteiger partial charge in [-0.3, -0.25) is 0 Å². The van der Waals surface area contributed by atoms with Gasteiger partial charge in [0.25, 0.3) is 0 Å². The molecule has 0 aliphatic carbocycles. The normalized spacial score (nSPS) is 9.78. The molecule has 0 fully saturated rings. The Kier molecular flexibility index (Phi) is 3.90. The molecule has 0 saturated carbocycles. The molecule has 0 atom stereocenters. The van der Waals surface area contributed by atoms with Crippen LogP contribution in [0.1, 0.15) is 11.3 Å². The number of ether oxygens (including phenoxy) is 1. The van der Waals surface area contributed by atoms with Crippen LogP contribution in [-0.4, -0.2) is 11.5 Å². The number of benzene rings is 1. The molecule has 0 bridgehead atoms. The third kappa shape index (κ3) is 3.06. The van der Waals surface area contributed by atoms with E-state index in [9.17, 15) is 0 Å². The van der Waals surface area contributed by atoms with Gasteiger partial charge in [0.05, 0.1) is 6.20 Å². The molecule has 2 N–H and O–H groups in total. The van der Waals surface area contributed by atoms with Gasteiger partial charge in [-0.1, -0.05) is 12.1 Å². The second kappa shape index (κ2) is 5.80. The predicted molar refractivity (Wildman–Crippen MR) is 68.2 cm³/mol. The van der Waals surface area contributed by atoms with E-state index < -0.39 is 0 Å².